The second-order valence-electron chi connectivity index (χ2n) is 7.32. The summed E-state index contributed by atoms with van der Waals surface area (Å²) in [6.07, 6.45) is -2.09. The van der Waals surface area contributed by atoms with Crippen molar-refractivity contribution in [3.8, 4) is 5.69 Å². The Balaban J connectivity index is 1.63. The lowest BCUT2D eigenvalue weighted by atomic mass is 10.1. The number of nitrogens with one attached hydrogen (secondary N) is 2. The highest BCUT2D eigenvalue weighted by Gasteiger charge is 2.31. The second kappa shape index (κ2) is 10.9. The Morgan fingerprint density at radius 3 is 2.38 bits per heavy atom. The molecule has 0 spiro atoms. The molecule has 1 aromatic heterocycles. The monoisotopic (exact) mass is 478 g/mol. The number of alkyl halides is 3. The molecule has 8 nitrogen and oxygen atoms in total. The van der Waals surface area contributed by atoms with Gasteiger partial charge in [0.25, 0.3) is 0 Å². The van der Waals surface area contributed by atoms with E-state index in [1.54, 1.807) is 19.1 Å². The third kappa shape index (κ3) is 6.85. The molecule has 3 rings (SSSR count). The summed E-state index contributed by atoms with van der Waals surface area (Å²) in [5.41, 5.74) is -0.110. The van der Waals surface area contributed by atoms with Crippen molar-refractivity contribution in [1.82, 2.24) is 25.0 Å². The van der Waals surface area contributed by atoms with Gasteiger partial charge in [-0.2, -0.15) is 18.3 Å². The van der Waals surface area contributed by atoms with Crippen LogP contribution in [0.3, 0.4) is 0 Å². The van der Waals surface area contributed by atoms with E-state index >= 15 is 0 Å². The van der Waals surface area contributed by atoms with Gasteiger partial charge in [0.05, 0.1) is 30.0 Å². The van der Waals surface area contributed by atoms with E-state index in [9.17, 15) is 27.2 Å². The predicted molar refractivity (Wildman–Crippen MR) is 115 cm³/mol. The number of rotatable bonds is 9. The number of halogens is 4. The Hall–Kier alpha value is -3.80. The molecule has 0 atom stereocenters. The number of hydrogen-bond acceptors (Lipinski definition) is 5. The maximum Gasteiger partial charge on any atom is 0.416 e. The number of carbonyl (C=O) groups excluding carboxylic acids is 2. The molecule has 0 aliphatic heterocycles. The zero-order valence-corrected chi connectivity index (χ0v) is 18.1. The lowest BCUT2D eigenvalue weighted by molar-refractivity contribution is -0.137. The van der Waals surface area contributed by atoms with Crippen LogP contribution in [0, 0.1) is 5.82 Å². The normalized spacial score (nSPS) is 11.5. The van der Waals surface area contributed by atoms with Gasteiger partial charge in [0.1, 0.15) is 18.5 Å². The maximum absolute atomic E-state index is 13.2. The number of benzene rings is 2. The Morgan fingerprint density at radius 1 is 1.06 bits per heavy atom. The van der Waals surface area contributed by atoms with Crippen molar-refractivity contribution in [2.75, 3.05) is 25.0 Å². The van der Waals surface area contributed by atoms with Gasteiger partial charge in [-0.1, -0.05) is 19.1 Å². The van der Waals surface area contributed by atoms with Crippen LogP contribution in [0.4, 0.5) is 23.2 Å². The zero-order chi connectivity index (χ0) is 24.7. The minimum Gasteiger partial charge on any atom is -0.351 e. The number of amides is 2. The molecular weight excluding hydrogens is 456 g/mol. The highest BCUT2D eigenvalue weighted by molar-refractivity contribution is 5.94. The van der Waals surface area contributed by atoms with Crippen LogP contribution in [0.2, 0.25) is 0 Å². The van der Waals surface area contributed by atoms with Crippen LogP contribution in [0.1, 0.15) is 18.1 Å². The van der Waals surface area contributed by atoms with Gasteiger partial charge in [-0.15, -0.1) is 0 Å². The van der Waals surface area contributed by atoms with E-state index in [1.165, 1.54) is 40.4 Å². The van der Waals surface area contributed by atoms with E-state index in [-0.39, 0.29) is 42.7 Å². The maximum atomic E-state index is 13.2. The second-order valence-corrected chi connectivity index (χ2v) is 7.32. The van der Waals surface area contributed by atoms with Crippen molar-refractivity contribution in [2.24, 2.45) is 0 Å². The minimum atomic E-state index is -4.60. The molecule has 0 unspecified atom stereocenters. The summed E-state index contributed by atoms with van der Waals surface area (Å²) in [7, 11) is 0. The molecule has 180 valence electrons. The van der Waals surface area contributed by atoms with Crippen molar-refractivity contribution in [1.29, 1.82) is 0 Å². The first kappa shape index (κ1) is 24.8. The zero-order valence-electron chi connectivity index (χ0n) is 18.1. The van der Waals surface area contributed by atoms with Gasteiger partial charge in [-0.3, -0.25) is 14.5 Å². The predicted octanol–water partition coefficient (Wildman–Crippen LogP) is 3.00. The van der Waals surface area contributed by atoms with Crippen molar-refractivity contribution < 1.29 is 27.2 Å². The molecule has 0 bridgehead atoms. The molecule has 0 fully saturated rings. The van der Waals surface area contributed by atoms with Gasteiger partial charge in [0.15, 0.2) is 0 Å². The number of nitrogens with zero attached hydrogens (tertiary/aromatic N) is 4. The molecule has 2 aromatic carbocycles. The Bertz CT molecular complexity index is 1120. The highest BCUT2D eigenvalue weighted by atomic mass is 19.4. The largest absolute Gasteiger partial charge is 0.416 e. The third-order valence-electron chi connectivity index (χ3n) is 4.85. The number of aromatic nitrogens is 3. The summed E-state index contributed by atoms with van der Waals surface area (Å²) in [4.78, 5) is 30.2. The first-order valence-electron chi connectivity index (χ1n) is 10.2. The van der Waals surface area contributed by atoms with E-state index in [0.717, 1.165) is 12.1 Å². The van der Waals surface area contributed by atoms with Crippen molar-refractivity contribution in [3.63, 3.8) is 0 Å². The third-order valence-corrected chi connectivity index (χ3v) is 4.85. The molecule has 0 saturated heterocycles. The van der Waals surface area contributed by atoms with E-state index in [1.807, 2.05) is 0 Å². The smallest absolute Gasteiger partial charge is 0.351 e. The number of anilines is 1. The van der Waals surface area contributed by atoms with Crippen LogP contribution in [-0.4, -0.2) is 51.1 Å². The van der Waals surface area contributed by atoms with Crippen LogP contribution in [0.15, 0.2) is 55.1 Å². The summed E-state index contributed by atoms with van der Waals surface area (Å²) >= 11 is 0. The summed E-state index contributed by atoms with van der Waals surface area (Å²) < 4.78 is 53.8. The lowest BCUT2D eigenvalue weighted by Crippen LogP contribution is -2.41. The Kier molecular flexibility index (Phi) is 7.95. The fraction of sp³-hybridized carbons (Fsp3) is 0.273. The standard InChI is InChI=1S/C22H22F4N6O2/c1-2-31(11-20(33)28-10-15-3-6-17(23)7-4-15)12-21(34)30-18-9-16(22(24,25)26)5-8-19(18)32-14-27-13-29-32/h3-9,13-14H,2,10-12H2,1H3,(H,28,33)(H,30,34). The fourth-order valence-electron chi connectivity index (χ4n) is 3.08. The number of hydrogen-bond donors (Lipinski definition) is 2. The molecule has 34 heavy (non-hydrogen) atoms. The van der Waals surface area contributed by atoms with Crippen molar-refractivity contribution in [2.45, 2.75) is 19.6 Å². The quantitative estimate of drug-likeness (QED) is 0.462. The van der Waals surface area contributed by atoms with Crippen LogP contribution < -0.4 is 10.6 Å². The molecule has 3 aromatic rings. The Labute approximate surface area is 192 Å². The van der Waals surface area contributed by atoms with Crippen LogP contribution in [-0.2, 0) is 22.3 Å². The van der Waals surface area contributed by atoms with E-state index in [0.29, 0.717) is 12.1 Å². The van der Waals surface area contributed by atoms with E-state index < -0.39 is 17.6 Å². The van der Waals surface area contributed by atoms with Gasteiger partial charge in [-0.25, -0.2) is 14.1 Å². The molecule has 12 heteroatoms. The topological polar surface area (TPSA) is 92.2 Å². The van der Waals surface area contributed by atoms with Gasteiger partial charge < -0.3 is 10.6 Å². The molecule has 0 radical (unpaired) electrons. The minimum absolute atomic E-state index is 0.0952. The van der Waals surface area contributed by atoms with Gasteiger partial charge in [-0.05, 0) is 42.4 Å². The SMILES string of the molecule is CCN(CC(=O)NCc1ccc(F)cc1)CC(=O)Nc1cc(C(F)(F)F)ccc1-n1cncn1. The molecule has 0 aliphatic carbocycles. The van der Waals surface area contributed by atoms with Crippen molar-refractivity contribution in [3.05, 3.63) is 72.1 Å². The molecule has 1 heterocycles. The Morgan fingerprint density at radius 2 is 1.76 bits per heavy atom. The average molecular weight is 478 g/mol. The van der Waals surface area contributed by atoms with Gasteiger partial charge >= 0.3 is 6.18 Å². The first-order valence-corrected chi connectivity index (χ1v) is 10.2. The molecule has 2 amide bonds. The lowest BCUT2D eigenvalue weighted by Gasteiger charge is -2.20. The average Bonchev–Trinajstić information content (AvgIpc) is 3.32. The highest BCUT2D eigenvalue weighted by Crippen LogP contribution is 2.33. The van der Waals surface area contributed by atoms with E-state index in [2.05, 4.69) is 20.7 Å². The van der Waals surface area contributed by atoms with Crippen LogP contribution >= 0.6 is 0 Å². The van der Waals surface area contributed by atoms with Crippen LogP contribution in [0.25, 0.3) is 5.69 Å². The van der Waals surface area contributed by atoms with Crippen LogP contribution in [0.5, 0.6) is 0 Å². The molecule has 2 N–H and O–H groups in total. The molecular formula is C22H22F4N6O2. The van der Waals surface area contributed by atoms with E-state index in [4.69, 9.17) is 0 Å². The van der Waals surface area contributed by atoms with Gasteiger partial charge in [0, 0.05) is 6.54 Å². The number of likely N-dealkylation sites (N-methyl/N-ethyl adjacent to an activating group) is 1. The first-order chi connectivity index (χ1) is 16.2. The molecule has 0 aliphatic rings. The fourth-order valence-corrected chi connectivity index (χ4v) is 3.08. The summed E-state index contributed by atoms with van der Waals surface area (Å²) in [6, 6.07) is 8.55. The summed E-state index contributed by atoms with van der Waals surface area (Å²) in [6.45, 7) is 1.94. The summed E-state index contributed by atoms with van der Waals surface area (Å²) in [5.74, 6) is -1.35. The van der Waals surface area contributed by atoms with Gasteiger partial charge in [0.2, 0.25) is 11.8 Å². The summed E-state index contributed by atoms with van der Waals surface area (Å²) in [5, 5.41) is 9.06. The van der Waals surface area contributed by atoms with Crippen molar-refractivity contribution >= 4 is 17.5 Å². The molecule has 0 saturated carbocycles. The number of carbonyl (C=O) groups is 2.